The van der Waals surface area contributed by atoms with Gasteiger partial charge in [0.25, 0.3) is 0 Å². The van der Waals surface area contributed by atoms with Crippen molar-refractivity contribution in [3.63, 3.8) is 0 Å². The number of thioether (sulfide) groups is 1. The number of rotatable bonds is 4. The molecule has 0 amide bonds. The van der Waals surface area contributed by atoms with Crippen LogP contribution in [0.1, 0.15) is 58.8 Å². The van der Waals surface area contributed by atoms with Gasteiger partial charge in [0.05, 0.1) is 13.2 Å². The van der Waals surface area contributed by atoms with E-state index in [9.17, 15) is 0 Å². The summed E-state index contributed by atoms with van der Waals surface area (Å²) in [6.45, 7) is 7.27. The van der Waals surface area contributed by atoms with E-state index < -0.39 is 0 Å². The van der Waals surface area contributed by atoms with Crippen molar-refractivity contribution in [2.45, 2.75) is 81.1 Å². The molecule has 3 rings (SSSR count). The van der Waals surface area contributed by atoms with Crippen LogP contribution in [0.5, 0.6) is 0 Å². The van der Waals surface area contributed by atoms with Crippen molar-refractivity contribution in [2.75, 3.05) is 19.8 Å². The molecule has 2 saturated carbocycles. The molecule has 2 aliphatic carbocycles. The standard InChI is InChI=1S/C17H31NO2S/c1-3-18-15-7-8-17(19-9-10-20-17)12-16(15)21-14-6-4-5-13(2)11-14/h13-16,18H,3-12H2,1-2H3. The van der Waals surface area contributed by atoms with Crippen LogP contribution < -0.4 is 5.32 Å². The topological polar surface area (TPSA) is 30.5 Å². The highest BCUT2D eigenvalue weighted by Gasteiger charge is 2.45. The fraction of sp³-hybridized carbons (Fsp3) is 1.00. The minimum atomic E-state index is -0.246. The molecule has 21 heavy (non-hydrogen) atoms. The molecule has 1 saturated heterocycles. The summed E-state index contributed by atoms with van der Waals surface area (Å²) in [4.78, 5) is 0. The molecule has 3 fully saturated rings. The van der Waals surface area contributed by atoms with E-state index in [1.165, 1.54) is 32.1 Å². The van der Waals surface area contributed by atoms with Crippen molar-refractivity contribution < 1.29 is 9.47 Å². The highest BCUT2D eigenvalue weighted by Crippen LogP contribution is 2.44. The third-order valence-electron chi connectivity index (χ3n) is 5.33. The lowest BCUT2D eigenvalue weighted by atomic mass is 9.89. The summed E-state index contributed by atoms with van der Waals surface area (Å²) < 4.78 is 12.0. The number of ether oxygens (including phenoxy) is 2. The minimum Gasteiger partial charge on any atom is -0.347 e. The summed E-state index contributed by atoms with van der Waals surface area (Å²) in [5.41, 5.74) is 0. The van der Waals surface area contributed by atoms with Gasteiger partial charge in [-0.05, 0) is 31.7 Å². The van der Waals surface area contributed by atoms with Crippen molar-refractivity contribution in [1.29, 1.82) is 0 Å². The van der Waals surface area contributed by atoms with Gasteiger partial charge in [0, 0.05) is 29.4 Å². The normalized spacial score (nSPS) is 39.7. The molecule has 4 unspecified atom stereocenters. The SMILES string of the molecule is CCNC1CCC2(CC1SC1CCCC(C)C1)OCCO2. The molecule has 1 heterocycles. The zero-order valence-corrected chi connectivity index (χ0v) is 14.4. The second-order valence-corrected chi connectivity index (χ2v) is 8.63. The molecule has 0 aromatic carbocycles. The fourth-order valence-electron chi connectivity index (χ4n) is 4.26. The zero-order valence-electron chi connectivity index (χ0n) is 13.6. The Hall–Kier alpha value is 0.230. The van der Waals surface area contributed by atoms with E-state index in [-0.39, 0.29) is 5.79 Å². The molecule has 1 spiro atoms. The van der Waals surface area contributed by atoms with Crippen molar-refractivity contribution in [3.8, 4) is 0 Å². The minimum absolute atomic E-state index is 0.246. The third kappa shape index (κ3) is 3.95. The second-order valence-electron chi connectivity index (χ2n) is 7.08. The molecule has 3 aliphatic rings. The lowest BCUT2D eigenvalue weighted by Gasteiger charge is -2.43. The molecule has 0 bridgehead atoms. The molecular formula is C17H31NO2S. The first kappa shape index (κ1) is 16.1. The highest BCUT2D eigenvalue weighted by atomic mass is 32.2. The largest absolute Gasteiger partial charge is 0.347 e. The van der Waals surface area contributed by atoms with Crippen LogP contribution in [0.3, 0.4) is 0 Å². The monoisotopic (exact) mass is 313 g/mol. The summed E-state index contributed by atoms with van der Waals surface area (Å²) in [7, 11) is 0. The smallest absolute Gasteiger partial charge is 0.169 e. The first-order valence-electron chi connectivity index (χ1n) is 8.87. The van der Waals surface area contributed by atoms with Crippen molar-refractivity contribution in [2.24, 2.45) is 5.92 Å². The van der Waals surface area contributed by atoms with Crippen LogP contribution in [0.4, 0.5) is 0 Å². The number of hydrogen-bond acceptors (Lipinski definition) is 4. The van der Waals surface area contributed by atoms with E-state index in [0.717, 1.165) is 43.8 Å². The van der Waals surface area contributed by atoms with Crippen molar-refractivity contribution >= 4 is 11.8 Å². The number of hydrogen-bond donors (Lipinski definition) is 1. The average molecular weight is 314 g/mol. The molecular weight excluding hydrogens is 282 g/mol. The van der Waals surface area contributed by atoms with Crippen LogP contribution in [-0.4, -0.2) is 42.1 Å². The van der Waals surface area contributed by atoms with E-state index in [0.29, 0.717) is 11.3 Å². The summed E-state index contributed by atoms with van der Waals surface area (Å²) in [6, 6.07) is 0.635. The van der Waals surface area contributed by atoms with E-state index >= 15 is 0 Å². The summed E-state index contributed by atoms with van der Waals surface area (Å²) in [5.74, 6) is 0.662. The van der Waals surface area contributed by atoms with Crippen LogP contribution in [0.15, 0.2) is 0 Å². The molecule has 4 heteroatoms. The van der Waals surface area contributed by atoms with E-state index in [1.54, 1.807) is 0 Å². The molecule has 0 radical (unpaired) electrons. The Balaban J connectivity index is 1.62. The van der Waals surface area contributed by atoms with Crippen LogP contribution in [0.25, 0.3) is 0 Å². The Morgan fingerprint density at radius 2 is 2.00 bits per heavy atom. The van der Waals surface area contributed by atoms with Crippen LogP contribution in [0, 0.1) is 5.92 Å². The van der Waals surface area contributed by atoms with Gasteiger partial charge in [-0.15, -0.1) is 0 Å². The van der Waals surface area contributed by atoms with E-state index in [2.05, 4.69) is 30.9 Å². The average Bonchev–Trinajstić information content (AvgIpc) is 2.91. The molecule has 122 valence electrons. The van der Waals surface area contributed by atoms with Gasteiger partial charge in [-0.1, -0.05) is 26.7 Å². The van der Waals surface area contributed by atoms with Gasteiger partial charge in [0.2, 0.25) is 0 Å². The Kier molecular flexibility index (Phi) is 5.52. The van der Waals surface area contributed by atoms with Gasteiger partial charge < -0.3 is 14.8 Å². The van der Waals surface area contributed by atoms with Crippen molar-refractivity contribution in [1.82, 2.24) is 5.32 Å². The van der Waals surface area contributed by atoms with Gasteiger partial charge in [-0.2, -0.15) is 11.8 Å². The Morgan fingerprint density at radius 3 is 2.71 bits per heavy atom. The van der Waals surface area contributed by atoms with Gasteiger partial charge in [0.1, 0.15) is 0 Å². The molecule has 0 aromatic heterocycles. The van der Waals surface area contributed by atoms with Crippen LogP contribution >= 0.6 is 11.8 Å². The number of nitrogens with one attached hydrogen (secondary N) is 1. The Bertz CT molecular complexity index is 333. The van der Waals surface area contributed by atoms with E-state index in [4.69, 9.17) is 9.47 Å². The molecule has 0 aromatic rings. The lowest BCUT2D eigenvalue weighted by molar-refractivity contribution is -0.178. The van der Waals surface area contributed by atoms with Gasteiger partial charge in [-0.3, -0.25) is 0 Å². The van der Waals surface area contributed by atoms with Crippen LogP contribution in [0.2, 0.25) is 0 Å². The molecule has 3 nitrogen and oxygen atoms in total. The predicted molar refractivity (Wildman–Crippen MR) is 88.7 cm³/mol. The molecule has 1 N–H and O–H groups in total. The molecule has 4 atom stereocenters. The summed E-state index contributed by atoms with van der Waals surface area (Å²) >= 11 is 2.23. The summed E-state index contributed by atoms with van der Waals surface area (Å²) in [6.07, 6.45) is 8.95. The Morgan fingerprint density at radius 1 is 1.19 bits per heavy atom. The first-order valence-corrected chi connectivity index (χ1v) is 9.82. The van der Waals surface area contributed by atoms with Crippen molar-refractivity contribution in [3.05, 3.63) is 0 Å². The fourth-order valence-corrected chi connectivity index (χ4v) is 6.27. The first-order chi connectivity index (χ1) is 10.2. The predicted octanol–water partition coefficient (Wildman–Crippen LogP) is 3.57. The lowest BCUT2D eigenvalue weighted by Crippen LogP contribution is -2.50. The summed E-state index contributed by atoms with van der Waals surface area (Å²) in [5, 5.41) is 5.20. The Labute approximate surface area is 133 Å². The highest BCUT2D eigenvalue weighted by molar-refractivity contribution is 8.00. The molecule has 1 aliphatic heterocycles. The van der Waals surface area contributed by atoms with Crippen LogP contribution in [-0.2, 0) is 9.47 Å². The maximum atomic E-state index is 5.99. The third-order valence-corrected chi connectivity index (χ3v) is 6.99. The van der Waals surface area contributed by atoms with Gasteiger partial charge in [0.15, 0.2) is 5.79 Å². The van der Waals surface area contributed by atoms with Gasteiger partial charge >= 0.3 is 0 Å². The van der Waals surface area contributed by atoms with E-state index in [1.807, 2.05) is 0 Å². The van der Waals surface area contributed by atoms with Gasteiger partial charge in [-0.25, -0.2) is 0 Å². The maximum absolute atomic E-state index is 5.99. The maximum Gasteiger partial charge on any atom is 0.169 e. The second kappa shape index (κ2) is 7.20. The quantitative estimate of drug-likeness (QED) is 0.859. The zero-order chi connectivity index (χ0) is 14.7.